The molecule has 1 saturated carbocycles. The molecule has 1 heterocycles. The van der Waals surface area contributed by atoms with E-state index in [-0.39, 0.29) is 5.41 Å². The minimum absolute atomic E-state index is 0.121. The number of nitrogens with zero attached hydrogens (tertiary/aromatic N) is 2. The first-order valence-corrected chi connectivity index (χ1v) is 8.22. The van der Waals surface area contributed by atoms with E-state index in [0.29, 0.717) is 6.61 Å². The van der Waals surface area contributed by atoms with E-state index in [1.165, 1.54) is 38.5 Å². The fourth-order valence-corrected chi connectivity index (χ4v) is 3.83. The van der Waals surface area contributed by atoms with Gasteiger partial charge in [0.05, 0.1) is 10.7 Å². The van der Waals surface area contributed by atoms with Crippen molar-refractivity contribution in [3.8, 4) is 0 Å². The van der Waals surface area contributed by atoms with E-state index < -0.39 is 0 Å². The molecule has 3 nitrogen and oxygen atoms in total. The Morgan fingerprint density at radius 3 is 2.53 bits per heavy atom. The maximum atomic E-state index is 9.85. The van der Waals surface area contributed by atoms with E-state index in [1.54, 1.807) is 11.3 Å². The Bertz CT molecular complexity index is 383. The first kappa shape index (κ1) is 14.9. The number of hydrogen-bond donors (Lipinski definition) is 1. The molecule has 0 spiro atoms. The van der Waals surface area contributed by atoms with Gasteiger partial charge in [-0.2, -0.15) is 0 Å². The molecular weight excluding hydrogens is 256 g/mol. The van der Waals surface area contributed by atoms with Crippen molar-refractivity contribution < 1.29 is 5.11 Å². The molecule has 0 atom stereocenters. The maximum Gasteiger partial charge on any atom is 0.0897 e. The summed E-state index contributed by atoms with van der Waals surface area (Å²) in [6.07, 6.45) is 7.54. The van der Waals surface area contributed by atoms with Gasteiger partial charge in [0.1, 0.15) is 0 Å². The molecule has 108 valence electrons. The summed E-state index contributed by atoms with van der Waals surface area (Å²) in [5.74, 6) is 0. The molecule has 1 N–H and O–H groups in total. The van der Waals surface area contributed by atoms with Gasteiger partial charge in [-0.15, -0.1) is 11.3 Å². The molecule has 2 rings (SSSR count). The second-order valence-electron chi connectivity index (χ2n) is 6.10. The van der Waals surface area contributed by atoms with Crippen LogP contribution in [0.25, 0.3) is 0 Å². The number of hydrogen-bond acceptors (Lipinski definition) is 4. The van der Waals surface area contributed by atoms with Gasteiger partial charge in [0.25, 0.3) is 0 Å². The molecule has 19 heavy (non-hydrogen) atoms. The Labute approximate surface area is 120 Å². The molecule has 1 aliphatic carbocycles. The number of aromatic nitrogens is 1. The van der Waals surface area contributed by atoms with Crippen LogP contribution in [0.3, 0.4) is 0 Å². The summed E-state index contributed by atoms with van der Waals surface area (Å²) >= 11 is 1.71. The fourth-order valence-electron chi connectivity index (χ4n) is 3.23. The fraction of sp³-hybridized carbons (Fsp3) is 0.800. The van der Waals surface area contributed by atoms with Gasteiger partial charge in [0.15, 0.2) is 0 Å². The quantitative estimate of drug-likeness (QED) is 0.842. The van der Waals surface area contributed by atoms with Crippen molar-refractivity contribution in [3.63, 3.8) is 0 Å². The SMILES string of the molecule is Cc1nc(CN(C)CC2(CO)CCCCCC2)cs1. The molecule has 0 aromatic carbocycles. The third-order valence-electron chi connectivity index (χ3n) is 4.20. The van der Waals surface area contributed by atoms with Gasteiger partial charge in [-0.1, -0.05) is 25.7 Å². The Balaban J connectivity index is 1.93. The summed E-state index contributed by atoms with van der Waals surface area (Å²) in [6, 6.07) is 0. The summed E-state index contributed by atoms with van der Waals surface area (Å²) in [6.45, 7) is 4.26. The average Bonchev–Trinajstić information content (AvgIpc) is 2.65. The lowest BCUT2D eigenvalue weighted by Crippen LogP contribution is -2.38. The zero-order chi connectivity index (χ0) is 13.7. The largest absolute Gasteiger partial charge is 0.396 e. The monoisotopic (exact) mass is 282 g/mol. The van der Waals surface area contributed by atoms with Crippen molar-refractivity contribution >= 4 is 11.3 Å². The van der Waals surface area contributed by atoms with E-state index in [1.807, 2.05) is 0 Å². The standard InChI is InChI=1S/C15H26N2OS/c1-13-16-14(10-19-13)9-17(2)11-15(12-18)7-5-3-4-6-8-15/h10,18H,3-9,11-12H2,1-2H3. The lowest BCUT2D eigenvalue weighted by Gasteiger charge is -2.34. The summed E-state index contributed by atoms with van der Waals surface area (Å²) in [5, 5.41) is 13.1. The predicted octanol–water partition coefficient (Wildman–Crippen LogP) is 3.22. The second kappa shape index (κ2) is 6.82. The third kappa shape index (κ3) is 4.26. The van der Waals surface area contributed by atoms with E-state index >= 15 is 0 Å². The molecule has 1 aliphatic rings. The Hall–Kier alpha value is -0.450. The van der Waals surface area contributed by atoms with Crippen molar-refractivity contribution in [2.75, 3.05) is 20.2 Å². The molecule has 1 fully saturated rings. The highest BCUT2D eigenvalue weighted by Crippen LogP contribution is 2.35. The van der Waals surface area contributed by atoms with Gasteiger partial charge >= 0.3 is 0 Å². The molecule has 0 saturated heterocycles. The minimum atomic E-state index is 0.121. The molecule has 0 amide bonds. The molecule has 1 aromatic rings. The predicted molar refractivity (Wildman–Crippen MR) is 80.4 cm³/mol. The van der Waals surface area contributed by atoms with Gasteiger partial charge in [0.2, 0.25) is 0 Å². The van der Waals surface area contributed by atoms with Gasteiger partial charge in [-0.05, 0) is 26.8 Å². The Morgan fingerprint density at radius 1 is 1.32 bits per heavy atom. The molecule has 0 radical (unpaired) electrons. The minimum Gasteiger partial charge on any atom is -0.396 e. The third-order valence-corrected chi connectivity index (χ3v) is 5.03. The van der Waals surface area contributed by atoms with Crippen LogP contribution in [0.5, 0.6) is 0 Å². The highest BCUT2D eigenvalue weighted by molar-refractivity contribution is 7.09. The molecule has 4 heteroatoms. The highest BCUT2D eigenvalue weighted by atomic mass is 32.1. The van der Waals surface area contributed by atoms with Crippen LogP contribution in [0.1, 0.15) is 49.2 Å². The zero-order valence-corrected chi connectivity index (χ0v) is 13.0. The Kier molecular flexibility index (Phi) is 5.37. The maximum absolute atomic E-state index is 9.85. The van der Waals surface area contributed by atoms with E-state index in [2.05, 4.69) is 29.2 Å². The van der Waals surface area contributed by atoms with Crippen LogP contribution in [0.2, 0.25) is 0 Å². The average molecular weight is 282 g/mol. The van der Waals surface area contributed by atoms with Crippen molar-refractivity contribution in [1.29, 1.82) is 0 Å². The van der Waals surface area contributed by atoms with Crippen molar-refractivity contribution in [3.05, 3.63) is 16.1 Å². The zero-order valence-electron chi connectivity index (χ0n) is 12.2. The smallest absolute Gasteiger partial charge is 0.0897 e. The van der Waals surface area contributed by atoms with Crippen LogP contribution in [0.4, 0.5) is 0 Å². The van der Waals surface area contributed by atoms with Gasteiger partial charge < -0.3 is 5.11 Å². The first-order valence-electron chi connectivity index (χ1n) is 7.34. The molecule has 0 aliphatic heterocycles. The van der Waals surface area contributed by atoms with Crippen molar-refractivity contribution in [2.24, 2.45) is 5.41 Å². The number of thiazole rings is 1. The van der Waals surface area contributed by atoms with Gasteiger partial charge in [-0.3, -0.25) is 4.90 Å². The summed E-state index contributed by atoms with van der Waals surface area (Å²) in [7, 11) is 2.15. The topological polar surface area (TPSA) is 36.4 Å². The number of rotatable bonds is 5. The first-order chi connectivity index (χ1) is 9.13. The Morgan fingerprint density at radius 2 is 2.00 bits per heavy atom. The molecule has 1 aromatic heterocycles. The lowest BCUT2D eigenvalue weighted by molar-refractivity contribution is 0.0660. The second-order valence-corrected chi connectivity index (χ2v) is 7.16. The number of aryl methyl sites for hydroxylation is 1. The van der Waals surface area contributed by atoms with Crippen LogP contribution in [-0.4, -0.2) is 35.2 Å². The van der Waals surface area contributed by atoms with Gasteiger partial charge in [0, 0.05) is 30.5 Å². The van der Waals surface area contributed by atoms with E-state index in [0.717, 1.165) is 23.8 Å². The molecule has 0 unspecified atom stereocenters. The van der Waals surface area contributed by atoms with Crippen LogP contribution < -0.4 is 0 Å². The number of aliphatic hydroxyl groups is 1. The van der Waals surface area contributed by atoms with Crippen molar-refractivity contribution in [1.82, 2.24) is 9.88 Å². The highest BCUT2D eigenvalue weighted by Gasteiger charge is 2.31. The van der Waals surface area contributed by atoms with Crippen LogP contribution >= 0.6 is 11.3 Å². The lowest BCUT2D eigenvalue weighted by atomic mass is 9.80. The summed E-state index contributed by atoms with van der Waals surface area (Å²) < 4.78 is 0. The van der Waals surface area contributed by atoms with Crippen LogP contribution in [-0.2, 0) is 6.54 Å². The van der Waals surface area contributed by atoms with E-state index in [4.69, 9.17) is 0 Å². The summed E-state index contributed by atoms with van der Waals surface area (Å²) in [4.78, 5) is 6.85. The summed E-state index contributed by atoms with van der Waals surface area (Å²) in [5.41, 5.74) is 1.28. The van der Waals surface area contributed by atoms with E-state index in [9.17, 15) is 5.11 Å². The molecule has 0 bridgehead atoms. The van der Waals surface area contributed by atoms with Crippen LogP contribution in [0, 0.1) is 12.3 Å². The normalized spacial score (nSPS) is 19.6. The van der Waals surface area contributed by atoms with Crippen LogP contribution in [0.15, 0.2) is 5.38 Å². The van der Waals surface area contributed by atoms with Crippen molar-refractivity contribution in [2.45, 2.75) is 52.0 Å². The molecular formula is C15H26N2OS. The van der Waals surface area contributed by atoms with Gasteiger partial charge in [-0.25, -0.2) is 4.98 Å². The number of aliphatic hydroxyl groups excluding tert-OH is 1.